The molecule has 0 aromatic heterocycles. The highest BCUT2D eigenvalue weighted by Crippen LogP contribution is 2.32. The topological polar surface area (TPSA) is 12.0 Å². The molecule has 110 valence electrons. The third-order valence-electron chi connectivity index (χ3n) is 3.82. The van der Waals surface area contributed by atoms with Crippen molar-refractivity contribution in [1.82, 2.24) is 5.32 Å². The second-order valence-electron chi connectivity index (χ2n) is 5.24. The van der Waals surface area contributed by atoms with E-state index in [0.29, 0.717) is 0 Å². The van der Waals surface area contributed by atoms with Gasteiger partial charge >= 0.3 is 0 Å². The van der Waals surface area contributed by atoms with Gasteiger partial charge in [-0.2, -0.15) is 0 Å². The van der Waals surface area contributed by atoms with Crippen molar-refractivity contribution in [3.05, 3.63) is 46.8 Å². The first-order valence-electron chi connectivity index (χ1n) is 7.14. The molecule has 0 saturated carbocycles. The van der Waals surface area contributed by atoms with Crippen molar-refractivity contribution >= 4 is 0 Å². The minimum atomic E-state index is -0.884. The monoisotopic (exact) mass is 283 g/mol. The van der Waals surface area contributed by atoms with Gasteiger partial charge in [0.1, 0.15) is 17.5 Å². The van der Waals surface area contributed by atoms with E-state index < -0.39 is 23.5 Å². The second kappa shape index (κ2) is 6.93. The smallest absolute Gasteiger partial charge is 0.134 e. The normalized spacial score (nSPS) is 18.1. The highest BCUT2D eigenvalue weighted by molar-refractivity contribution is 5.31. The summed E-state index contributed by atoms with van der Waals surface area (Å²) >= 11 is 0. The van der Waals surface area contributed by atoms with Crippen molar-refractivity contribution in [2.24, 2.45) is 0 Å². The van der Waals surface area contributed by atoms with E-state index in [2.05, 4.69) is 11.4 Å². The summed E-state index contributed by atoms with van der Waals surface area (Å²) < 4.78 is 40.9. The summed E-state index contributed by atoms with van der Waals surface area (Å²) in [5, 5.41) is 2.97. The molecule has 0 fully saturated rings. The van der Waals surface area contributed by atoms with Crippen LogP contribution in [0.15, 0.2) is 23.8 Å². The van der Waals surface area contributed by atoms with Crippen molar-refractivity contribution in [3.63, 3.8) is 0 Å². The van der Waals surface area contributed by atoms with E-state index in [0.717, 1.165) is 49.8 Å². The molecule has 2 rings (SSSR count). The van der Waals surface area contributed by atoms with Crippen LogP contribution in [-0.2, 0) is 0 Å². The standard InChI is InChI=1S/C16H20F3N/c1-20-16(11-7-5-3-2-4-6-8-11)15-13(18)9-12(17)10-14(15)19/h7,9-10,16,20H,2-6,8H2,1H3. The Balaban J connectivity index is 2.36. The summed E-state index contributed by atoms with van der Waals surface area (Å²) in [5.41, 5.74) is 0.914. The zero-order valence-electron chi connectivity index (χ0n) is 11.7. The van der Waals surface area contributed by atoms with Crippen LogP contribution < -0.4 is 5.32 Å². The molecule has 1 aromatic carbocycles. The molecule has 0 radical (unpaired) electrons. The van der Waals surface area contributed by atoms with Crippen molar-refractivity contribution in [2.75, 3.05) is 7.05 Å². The summed E-state index contributed by atoms with van der Waals surface area (Å²) in [6.45, 7) is 0. The van der Waals surface area contributed by atoms with Gasteiger partial charge in [0.25, 0.3) is 0 Å². The van der Waals surface area contributed by atoms with Gasteiger partial charge in [-0.3, -0.25) is 0 Å². The van der Waals surface area contributed by atoms with Crippen LogP contribution in [0.1, 0.15) is 50.1 Å². The van der Waals surface area contributed by atoms with Crippen LogP contribution in [0, 0.1) is 17.5 Å². The molecular formula is C16H20F3N. The van der Waals surface area contributed by atoms with Gasteiger partial charge in [0, 0.05) is 17.7 Å². The Bertz CT molecular complexity index is 473. The van der Waals surface area contributed by atoms with Gasteiger partial charge in [-0.15, -0.1) is 0 Å². The lowest BCUT2D eigenvalue weighted by molar-refractivity contribution is 0.487. The Kier molecular flexibility index (Phi) is 5.24. The molecule has 0 saturated heterocycles. The molecule has 0 spiro atoms. The van der Waals surface area contributed by atoms with Crippen LogP contribution >= 0.6 is 0 Å². The van der Waals surface area contributed by atoms with Gasteiger partial charge in [-0.05, 0) is 32.7 Å². The van der Waals surface area contributed by atoms with Crippen molar-refractivity contribution < 1.29 is 13.2 Å². The number of hydrogen-bond donors (Lipinski definition) is 1. The van der Waals surface area contributed by atoms with Crippen LogP contribution in [0.25, 0.3) is 0 Å². The number of rotatable bonds is 3. The summed E-state index contributed by atoms with van der Waals surface area (Å²) in [7, 11) is 1.67. The molecule has 0 bridgehead atoms. The fraction of sp³-hybridized carbons (Fsp3) is 0.500. The zero-order chi connectivity index (χ0) is 14.5. The molecule has 0 aliphatic heterocycles. The Morgan fingerprint density at radius 1 is 1.00 bits per heavy atom. The molecule has 20 heavy (non-hydrogen) atoms. The lowest BCUT2D eigenvalue weighted by Gasteiger charge is -2.23. The van der Waals surface area contributed by atoms with Crippen LogP contribution in [-0.4, -0.2) is 7.05 Å². The van der Waals surface area contributed by atoms with E-state index in [1.54, 1.807) is 7.05 Å². The Morgan fingerprint density at radius 3 is 2.30 bits per heavy atom. The highest BCUT2D eigenvalue weighted by Gasteiger charge is 2.23. The van der Waals surface area contributed by atoms with E-state index in [4.69, 9.17) is 0 Å². The first-order chi connectivity index (χ1) is 9.63. The van der Waals surface area contributed by atoms with Gasteiger partial charge in [0.15, 0.2) is 0 Å². The SMILES string of the molecule is CNC(C1=CCCCCCC1)c1c(F)cc(F)cc1F. The third-order valence-corrected chi connectivity index (χ3v) is 3.82. The Labute approximate surface area is 117 Å². The fourth-order valence-electron chi connectivity index (χ4n) is 2.82. The van der Waals surface area contributed by atoms with Crippen LogP contribution in [0.5, 0.6) is 0 Å². The van der Waals surface area contributed by atoms with Crippen LogP contribution in [0.2, 0.25) is 0 Å². The Hall–Kier alpha value is -1.29. The van der Waals surface area contributed by atoms with E-state index in [1.165, 1.54) is 6.42 Å². The summed E-state index contributed by atoms with van der Waals surface area (Å²) in [6.07, 6.45) is 8.29. The highest BCUT2D eigenvalue weighted by atomic mass is 19.1. The summed E-state index contributed by atoms with van der Waals surface area (Å²) in [4.78, 5) is 0. The van der Waals surface area contributed by atoms with Crippen LogP contribution in [0.4, 0.5) is 13.2 Å². The summed E-state index contributed by atoms with van der Waals surface area (Å²) in [6, 6.07) is 0.965. The summed E-state index contributed by atoms with van der Waals surface area (Å²) in [5.74, 6) is -2.54. The minimum absolute atomic E-state index is 0.0827. The molecule has 0 heterocycles. The molecule has 1 aliphatic carbocycles. The maximum atomic E-state index is 13.9. The molecule has 4 heteroatoms. The molecule has 0 amide bonds. The molecule has 1 aromatic rings. The predicted octanol–water partition coefficient (Wildman–Crippen LogP) is 4.65. The van der Waals surface area contributed by atoms with Gasteiger partial charge < -0.3 is 5.32 Å². The number of benzene rings is 1. The number of likely N-dealkylation sites (N-methyl/N-ethyl adjacent to an activating group) is 1. The average molecular weight is 283 g/mol. The van der Waals surface area contributed by atoms with Crippen molar-refractivity contribution in [2.45, 2.75) is 44.6 Å². The zero-order valence-corrected chi connectivity index (χ0v) is 11.7. The van der Waals surface area contributed by atoms with E-state index in [-0.39, 0.29) is 5.56 Å². The van der Waals surface area contributed by atoms with E-state index >= 15 is 0 Å². The molecule has 1 N–H and O–H groups in total. The number of nitrogens with one attached hydrogen (secondary N) is 1. The molecule has 1 aliphatic rings. The first kappa shape index (κ1) is 15.1. The maximum Gasteiger partial charge on any atom is 0.134 e. The van der Waals surface area contributed by atoms with Gasteiger partial charge in [-0.25, -0.2) is 13.2 Å². The molecule has 1 unspecified atom stereocenters. The first-order valence-corrected chi connectivity index (χ1v) is 7.14. The van der Waals surface area contributed by atoms with Crippen molar-refractivity contribution in [1.29, 1.82) is 0 Å². The predicted molar refractivity (Wildman–Crippen MR) is 73.9 cm³/mol. The number of allylic oxidation sites excluding steroid dienone is 1. The van der Waals surface area contributed by atoms with Crippen LogP contribution in [0.3, 0.4) is 0 Å². The van der Waals surface area contributed by atoms with Gasteiger partial charge in [0.05, 0.1) is 6.04 Å². The lowest BCUT2D eigenvalue weighted by atomic mass is 9.90. The second-order valence-corrected chi connectivity index (χ2v) is 5.24. The van der Waals surface area contributed by atoms with Gasteiger partial charge in [-0.1, -0.05) is 24.5 Å². The molecule has 1 atom stereocenters. The third kappa shape index (κ3) is 3.42. The molecular weight excluding hydrogens is 263 g/mol. The Morgan fingerprint density at radius 2 is 1.65 bits per heavy atom. The number of halogens is 3. The minimum Gasteiger partial charge on any atom is -0.309 e. The van der Waals surface area contributed by atoms with E-state index in [1.807, 2.05) is 0 Å². The lowest BCUT2D eigenvalue weighted by Crippen LogP contribution is -2.22. The van der Waals surface area contributed by atoms with E-state index in [9.17, 15) is 13.2 Å². The number of hydrogen-bond acceptors (Lipinski definition) is 1. The quantitative estimate of drug-likeness (QED) is 0.796. The maximum absolute atomic E-state index is 13.9. The average Bonchev–Trinajstić information content (AvgIpc) is 2.34. The van der Waals surface area contributed by atoms with Gasteiger partial charge in [0.2, 0.25) is 0 Å². The largest absolute Gasteiger partial charge is 0.309 e. The van der Waals surface area contributed by atoms with Crippen molar-refractivity contribution in [3.8, 4) is 0 Å². The fourth-order valence-corrected chi connectivity index (χ4v) is 2.82. The molecule has 1 nitrogen and oxygen atoms in total.